The van der Waals surface area contributed by atoms with Crippen LogP contribution in [0.25, 0.3) is 0 Å². The van der Waals surface area contributed by atoms with Crippen LogP contribution in [0, 0.1) is 5.92 Å². The Kier molecular flexibility index (Phi) is 3.04. The van der Waals surface area contributed by atoms with Gasteiger partial charge in [-0.15, -0.1) is 0 Å². The average molecular weight is 207 g/mol. The predicted octanol–water partition coefficient (Wildman–Crippen LogP) is 1.92. The number of nitrogens with two attached hydrogens (primary N) is 1. The van der Waals surface area contributed by atoms with E-state index in [4.69, 9.17) is 5.73 Å². The molecule has 2 aliphatic carbocycles. The standard InChI is InChI=1S/C11H17N3O/c12-11(15)14-13-10-6-5-8-3-1-2-4-9(8)7-10/h7-8H,1-6H2,(H3,12,14,15)/b13-10+/t8-/m1/s1. The second-order valence-electron chi connectivity index (χ2n) is 4.28. The zero-order valence-electron chi connectivity index (χ0n) is 8.83. The topological polar surface area (TPSA) is 67.5 Å². The monoisotopic (exact) mass is 207 g/mol. The summed E-state index contributed by atoms with van der Waals surface area (Å²) in [5.74, 6) is 0.770. The Labute approximate surface area is 89.6 Å². The molecule has 3 N–H and O–H groups in total. The smallest absolute Gasteiger partial charge is 0.332 e. The van der Waals surface area contributed by atoms with Crippen molar-refractivity contribution in [2.45, 2.75) is 38.5 Å². The van der Waals surface area contributed by atoms with Crippen molar-refractivity contribution in [1.82, 2.24) is 5.43 Å². The van der Waals surface area contributed by atoms with E-state index in [1.165, 1.54) is 37.7 Å². The van der Waals surface area contributed by atoms with Gasteiger partial charge in [0.05, 0.1) is 5.71 Å². The Morgan fingerprint density at radius 3 is 3.07 bits per heavy atom. The number of carbonyl (C=O) groups is 1. The van der Waals surface area contributed by atoms with E-state index in [0.29, 0.717) is 0 Å². The first-order valence-electron chi connectivity index (χ1n) is 5.58. The van der Waals surface area contributed by atoms with Gasteiger partial charge in [0.25, 0.3) is 0 Å². The van der Waals surface area contributed by atoms with Gasteiger partial charge in [-0.05, 0) is 44.1 Å². The highest BCUT2D eigenvalue weighted by atomic mass is 16.2. The van der Waals surface area contributed by atoms with E-state index in [0.717, 1.165) is 18.1 Å². The number of rotatable bonds is 1. The molecule has 4 heteroatoms. The number of carbonyl (C=O) groups excluding carboxylic acids is 1. The van der Waals surface area contributed by atoms with Gasteiger partial charge in [-0.1, -0.05) is 12.0 Å². The molecule has 2 aliphatic rings. The van der Waals surface area contributed by atoms with Crippen molar-refractivity contribution in [3.63, 3.8) is 0 Å². The van der Waals surface area contributed by atoms with Crippen molar-refractivity contribution in [1.29, 1.82) is 0 Å². The lowest BCUT2D eigenvalue weighted by Crippen LogP contribution is -2.26. The van der Waals surface area contributed by atoms with Crippen LogP contribution < -0.4 is 11.2 Å². The molecule has 2 rings (SSSR count). The minimum atomic E-state index is -0.591. The van der Waals surface area contributed by atoms with Gasteiger partial charge >= 0.3 is 6.03 Å². The first-order valence-corrected chi connectivity index (χ1v) is 5.58. The van der Waals surface area contributed by atoms with Gasteiger partial charge in [-0.25, -0.2) is 10.2 Å². The zero-order valence-corrected chi connectivity index (χ0v) is 8.83. The Hall–Kier alpha value is -1.32. The third-order valence-corrected chi connectivity index (χ3v) is 3.20. The molecule has 0 heterocycles. The molecule has 82 valence electrons. The fraction of sp³-hybridized carbons (Fsp3) is 0.636. The third kappa shape index (κ3) is 2.58. The molecule has 0 spiro atoms. The van der Waals surface area contributed by atoms with Crippen molar-refractivity contribution in [2.75, 3.05) is 0 Å². The van der Waals surface area contributed by atoms with Crippen LogP contribution in [0.1, 0.15) is 38.5 Å². The largest absolute Gasteiger partial charge is 0.350 e. The molecule has 1 atom stereocenters. The van der Waals surface area contributed by atoms with Crippen LogP contribution in [0.5, 0.6) is 0 Å². The maximum absolute atomic E-state index is 10.5. The summed E-state index contributed by atoms with van der Waals surface area (Å²) in [7, 11) is 0. The van der Waals surface area contributed by atoms with E-state index in [9.17, 15) is 4.79 Å². The van der Waals surface area contributed by atoms with Gasteiger partial charge in [0, 0.05) is 0 Å². The van der Waals surface area contributed by atoms with Crippen LogP contribution in [0.15, 0.2) is 16.8 Å². The van der Waals surface area contributed by atoms with Gasteiger partial charge in [-0.2, -0.15) is 5.10 Å². The summed E-state index contributed by atoms with van der Waals surface area (Å²) in [6.45, 7) is 0. The van der Waals surface area contributed by atoms with Crippen molar-refractivity contribution in [2.24, 2.45) is 16.8 Å². The van der Waals surface area contributed by atoms with E-state index in [1.54, 1.807) is 0 Å². The molecule has 4 nitrogen and oxygen atoms in total. The summed E-state index contributed by atoms with van der Waals surface area (Å²) in [4.78, 5) is 10.5. The molecule has 0 radical (unpaired) electrons. The number of nitrogens with zero attached hydrogens (tertiary/aromatic N) is 1. The molecule has 0 bridgehead atoms. The fourth-order valence-electron chi connectivity index (χ4n) is 2.45. The van der Waals surface area contributed by atoms with E-state index < -0.39 is 6.03 Å². The summed E-state index contributed by atoms with van der Waals surface area (Å²) in [6.07, 6.45) is 9.43. The second-order valence-corrected chi connectivity index (χ2v) is 4.28. The Morgan fingerprint density at radius 2 is 2.27 bits per heavy atom. The molecule has 0 aromatic heterocycles. The fourth-order valence-corrected chi connectivity index (χ4v) is 2.45. The predicted molar refractivity (Wildman–Crippen MR) is 59.4 cm³/mol. The van der Waals surface area contributed by atoms with E-state index in [-0.39, 0.29) is 0 Å². The maximum Gasteiger partial charge on any atom is 0.332 e. The lowest BCUT2D eigenvalue weighted by molar-refractivity contribution is 0.249. The van der Waals surface area contributed by atoms with Crippen LogP contribution >= 0.6 is 0 Å². The molecule has 0 aromatic carbocycles. The van der Waals surface area contributed by atoms with E-state index >= 15 is 0 Å². The van der Waals surface area contributed by atoms with Gasteiger partial charge in [0.2, 0.25) is 0 Å². The second kappa shape index (κ2) is 4.47. The summed E-state index contributed by atoms with van der Waals surface area (Å²) in [6, 6.07) is -0.591. The van der Waals surface area contributed by atoms with Crippen LogP contribution in [0.3, 0.4) is 0 Å². The molecule has 0 aromatic rings. The molecule has 0 aliphatic heterocycles. The van der Waals surface area contributed by atoms with Crippen LogP contribution in [0.2, 0.25) is 0 Å². The Morgan fingerprint density at radius 1 is 1.40 bits per heavy atom. The Balaban J connectivity index is 2.05. The SMILES string of the molecule is NC(=O)N/N=C1/C=C2CCCC[C@@H]2CC1. The van der Waals surface area contributed by atoms with E-state index in [1.807, 2.05) is 0 Å². The first-order chi connectivity index (χ1) is 7.25. The minimum absolute atomic E-state index is 0.591. The van der Waals surface area contributed by atoms with E-state index in [2.05, 4.69) is 16.6 Å². The number of amides is 2. The molecule has 2 amide bonds. The van der Waals surface area contributed by atoms with Crippen molar-refractivity contribution < 1.29 is 4.79 Å². The van der Waals surface area contributed by atoms with Crippen molar-refractivity contribution >= 4 is 11.7 Å². The number of allylic oxidation sites excluding steroid dienone is 2. The molecular formula is C11H17N3O. The summed E-state index contributed by atoms with van der Waals surface area (Å²) in [5, 5.41) is 3.99. The Bertz CT molecular complexity index is 320. The number of nitrogens with one attached hydrogen (secondary N) is 1. The highest BCUT2D eigenvalue weighted by molar-refractivity contribution is 5.97. The lowest BCUT2D eigenvalue weighted by Gasteiger charge is -2.29. The van der Waals surface area contributed by atoms with Gasteiger partial charge in [0.1, 0.15) is 0 Å². The molecule has 1 saturated carbocycles. The minimum Gasteiger partial charge on any atom is -0.350 e. The normalized spacial score (nSPS) is 28.1. The van der Waals surface area contributed by atoms with Gasteiger partial charge in [-0.3, -0.25) is 0 Å². The number of urea groups is 1. The number of hydrogen-bond acceptors (Lipinski definition) is 2. The highest BCUT2D eigenvalue weighted by Gasteiger charge is 2.23. The first kappa shape index (κ1) is 10.2. The number of hydrogen-bond donors (Lipinski definition) is 2. The zero-order chi connectivity index (χ0) is 10.7. The number of hydrazone groups is 1. The molecule has 15 heavy (non-hydrogen) atoms. The van der Waals surface area contributed by atoms with Crippen LogP contribution in [0.4, 0.5) is 4.79 Å². The number of primary amides is 1. The van der Waals surface area contributed by atoms with Crippen LogP contribution in [-0.4, -0.2) is 11.7 Å². The third-order valence-electron chi connectivity index (χ3n) is 3.20. The summed E-state index contributed by atoms with van der Waals surface area (Å²) in [5.41, 5.74) is 9.73. The van der Waals surface area contributed by atoms with Gasteiger partial charge in [0.15, 0.2) is 0 Å². The molecule has 0 saturated heterocycles. The summed E-state index contributed by atoms with van der Waals surface area (Å²) >= 11 is 0. The molecular weight excluding hydrogens is 190 g/mol. The van der Waals surface area contributed by atoms with Crippen LogP contribution in [-0.2, 0) is 0 Å². The van der Waals surface area contributed by atoms with Crippen molar-refractivity contribution in [3.05, 3.63) is 11.6 Å². The van der Waals surface area contributed by atoms with Gasteiger partial charge < -0.3 is 5.73 Å². The summed E-state index contributed by atoms with van der Waals surface area (Å²) < 4.78 is 0. The highest BCUT2D eigenvalue weighted by Crippen LogP contribution is 2.35. The average Bonchev–Trinajstić information content (AvgIpc) is 2.26. The maximum atomic E-state index is 10.5. The van der Waals surface area contributed by atoms with Crippen molar-refractivity contribution in [3.8, 4) is 0 Å². The number of fused-ring (bicyclic) bond motifs is 1. The molecule has 1 fully saturated rings. The quantitative estimate of drug-likeness (QED) is 0.634. The molecule has 0 unspecified atom stereocenters. The lowest BCUT2D eigenvalue weighted by atomic mass is 9.77.